The molecule has 1 heterocycles. The molecule has 0 radical (unpaired) electrons. The Morgan fingerprint density at radius 3 is 2.88 bits per heavy atom. The van der Waals surface area contributed by atoms with E-state index in [2.05, 4.69) is 4.90 Å². The first kappa shape index (κ1) is 17.1. The topological polar surface area (TPSA) is 40.5 Å². The van der Waals surface area contributed by atoms with Gasteiger partial charge >= 0.3 is 0 Å². The lowest BCUT2D eigenvalue weighted by Crippen LogP contribution is -2.38. The second-order valence-electron chi connectivity index (χ2n) is 6.31. The monoisotopic (exact) mass is 341 g/mol. The van der Waals surface area contributed by atoms with E-state index < -0.39 is 0 Å². The van der Waals surface area contributed by atoms with Gasteiger partial charge in [-0.25, -0.2) is 0 Å². The Hall–Kier alpha value is -1.78. The molecule has 1 saturated heterocycles. The lowest BCUT2D eigenvalue weighted by Gasteiger charge is -2.32. The second kappa shape index (κ2) is 7.86. The number of benzene rings is 2. The molecule has 4 heteroatoms. The van der Waals surface area contributed by atoms with Crippen molar-refractivity contribution in [3.63, 3.8) is 0 Å². The van der Waals surface area contributed by atoms with Crippen LogP contribution in [0.5, 0.6) is 5.75 Å². The third-order valence-electron chi connectivity index (χ3n) is 4.57. The van der Waals surface area contributed by atoms with Crippen molar-refractivity contribution < 1.29 is 9.90 Å². The van der Waals surface area contributed by atoms with E-state index in [0.29, 0.717) is 5.75 Å². The van der Waals surface area contributed by atoms with E-state index in [1.165, 1.54) is 0 Å². The molecule has 0 saturated carbocycles. The van der Waals surface area contributed by atoms with Crippen molar-refractivity contribution in [1.82, 2.24) is 4.90 Å². The summed E-state index contributed by atoms with van der Waals surface area (Å²) in [6, 6.07) is 15.3. The predicted octanol–water partition coefficient (Wildman–Crippen LogP) is 4.21. The van der Waals surface area contributed by atoms with Gasteiger partial charge in [0.25, 0.3) is 0 Å². The van der Waals surface area contributed by atoms with Gasteiger partial charge in [-0.15, -0.1) is 11.8 Å². The van der Waals surface area contributed by atoms with Gasteiger partial charge in [-0.2, -0.15) is 0 Å². The highest BCUT2D eigenvalue weighted by atomic mass is 32.2. The van der Waals surface area contributed by atoms with Crippen molar-refractivity contribution in [3.8, 4) is 5.75 Å². The van der Waals surface area contributed by atoms with Crippen LogP contribution in [-0.4, -0.2) is 35.1 Å². The highest BCUT2D eigenvalue weighted by Gasteiger charge is 2.27. The maximum atomic E-state index is 13.0. The molecule has 0 aromatic heterocycles. The van der Waals surface area contributed by atoms with Crippen LogP contribution in [0.2, 0.25) is 0 Å². The normalized spacial score (nSPS) is 18.5. The number of thioether (sulfide) groups is 1. The van der Waals surface area contributed by atoms with E-state index in [9.17, 15) is 9.90 Å². The van der Waals surface area contributed by atoms with Crippen molar-refractivity contribution >= 4 is 17.5 Å². The number of phenols is 1. The number of nitrogens with zero attached hydrogens (tertiary/aromatic N) is 1. The molecule has 24 heavy (non-hydrogen) atoms. The van der Waals surface area contributed by atoms with Crippen LogP contribution in [0.4, 0.5) is 0 Å². The van der Waals surface area contributed by atoms with E-state index >= 15 is 0 Å². The Kier molecular flexibility index (Phi) is 5.59. The third-order valence-corrected chi connectivity index (χ3v) is 5.36. The molecule has 1 atom stereocenters. The number of rotatable bonds is 5. The molecule has 126 valence electrons. The van der Waals surface area contributed by atoms with E-state index in [4.69, 9.17) is 0 Å². The minimum absolute atomic E-state index is 0.0596. The summed E-state index contributed by atoms with van der Waals surface area (Å²) in [5.41, 5.74) is 1.95. The molecule has 1 unspecified atom stereocenters. The van der Waals surface area contributed by atoms with E-state index in [1.54, 1.807) is 23.9 Å². The van der Waals surface area contributed by atoms with Crippen molar-refractivity contribution in [1.29, 1.82) is 0 Å². The standard InChI is InChI=1S/C20H23NO2S/c1-24-19-10-3-2-9-18(19)20(23)16-7-5-11-21(14-16)13-15-6-4-8-17(22)12-15/h2-4,6,8-10,12,16,22H,5,7,11,13-14H2,1H3. The molecular weight excluding hydrogens is 318 g/mol. The highest BCUT2D eigenvalue weighted by molar-refractivity contribution is 7.98. The molecule has 2 aromatic carbocycles. The Morgan fingerprint density at radius 1 is 1.25 bits per heavy atom. The number of phenolic OH excluding ortho intramolecular Hbond substituents is 1. The number of hydrogen-bond donors (Lipinski definition) is 1. The molecule has 2 aromatic rings. The van der Waals surface area contributed by atoms with Gasteiger partial charge in [0, 0.05) is 29.5 Å². The number of Topliss-reactive ketones (excluding diaryl/α,β-unsaturated/α-hetero) is 1. The molecule has 0 aliphatic carbocycles. The molecule has 1 aliphatic heterocycles. The molecule has 0 spiro atoms. The second-order valence-corrected chi connectivity index (χ2v) is 7.16. The fourth-order valence-electron chi connectivity index (χ4n) is 3.39. The fourth-order valence-corrected chi connectivity index (χ4v) is 4.00. The van der Waals surface area contributed by atoms with Crippen molar-refractivity contribution in [2.45, 2.75) is 24.3 Å². The molecule has 0 amide bonds. The SMILES string of the molecule is CSc1ccccc1C(=O)C1CCCN(Cc2cccc(O)c2)C1. The maximum Gasteiger partial charge on any atom is 0.168 e. The first-order valence-corrected chi connectivity index (χ1v) is 9.57. The average Bonchev–Trinajstić information content (AvgIpc) is 2.61. The fraction of sp³-hybridized carbons (Fsp3) is 0.350. The summed E-state index contributed by atoms with van der Waals surface area (Å²) >= 11 is 1.63. The van der Waals surface area contributed by atoms with Gasteiger partial charge in [0.05, 0.1) is 0 Å². The van der Waals surface area contributed by atoms with Gasteiger partial charge in [0.15, 0.2) is 5.78 Å². The lowest BCUT2D eigenvalue weighted by atomic mass is 9.89. The molecule has 1 N–H and O–H groups in total. The predicted molar refractivity (Wildman–Crippen MR) is 98.7 cm³/mol. The van der Waals surface area contributed by atoms with Crippen molar-refractivity contribution in [2.75, 3.05) is 19.3 Å². The minimum atomic E-state index is 0.0596. The number of ketones is 1. The quantitative estimate of drug-likeness (QED) is 0.653. The number of likely N-dealkylation sites (tertiary alicyclic amines) is 1. The molecule has 3 nitrogen and oxygen atoms in total. The Morgan fingerprint density at radius 2 is 2.08 bits per heavy atom. The average molecular weight is 341 g/mol. The first-order valence-electron chi connectivity index (χ1n) is 8.35. The summed E-state index contributed by atoms with van der Waals surface area (Å²) in [5.74, 6) is 0.621. The van der Waals surface area contributed by atoms with Crippen LogP contribution < -0.4 is 0 Å². The van der Waals surface area contributed by atoms with Gasteiger partial charge in [0.1, 0.15) is 5.75 Å². The van der Waals surface area contributed by atoms with Crippen LogP contribution in [-0.2, 0) is 6.54 Å². The van der Waals surface area contributed by atoms with Crippen LogP contribution in [0.15, 0.2) is 53.4 Å². The summed E-state index contributed by atoms with van der Waals surface area (Å²) in [6.45, 7) is 2.57. The van der Waals surface area contributed by atoms with E-state index in [-0.39, 0.29) is 11.7 Å². The molecule has 1 aliphatic rings. The van der Waals surface area contributed by atoms with Gasteiger partial charge in [-0.3, -0.25) is 9.69 Å². The minimum Gasteiger partial charge on any atom is -0.508 e. The zero-order valence-corrected chi connectivity index (χ0v) is 14.8. The summed E-state index contributed by atoms with van der Waals surface area (Å²) in [5, 5.41) is 9.61. The van der Waals surface area contributed by atoms with Crippen LogP contribution >= 0.6 is 11.8 Å². The molecule has 1 fully saturated rings. The molecule has 3 rings (SSSR count). The zero-order valence-electron chi connectivity index (χ0n) is 13.9. The number of aromatic hydroxyl groups is 1. The zero-order chi connectivity index (χ0) is 16.9. The Balaban J connectivity index is 1.70. The van der Waals surface area contributed by atoms with E-state index in [0.717, 1.165) is 48.5 Å². The number of carbonyl (C=O) groups is 1. The van der Waals surface area contributed by atoms with Crippen LogP contribution in [0, 0.1) is 5.92 Å². The number of piperidine rings is 1. The summed E-state index contributed by atoms with van der Waals surface area (Å²) in [6.07, 6.45) is 4.01. The molecule has 0 bridgehead atoms. The van der Waals surface area contributed by atoms with Gasteiger partial charge in [-0.1, -0.05) is 30.3 Å². The summed E-state index contributed by atoms with van der Waals surface area (Å²) in [7, 11) is 0. The van der Waals surface area contributed by atoms with Crippen LogP contribution in [0.1, 0.15) is 28.8 Å². The Bertz CT molecular complexity index is 716. The van der Waals surface area contributed by atoms with Gasteiger partial charge in [0.2, 0.25) is 0 Å². The smallest absolute Gasteiger partial charge is 0.168 e. The van der Waals surface area contributed by atoms with Crippen molar-refractivity contribution in [3.05, 3.63) is 59.7 Å². The summed E-state index contributed by atoms with van der Waals surface area (Å²) < 4.78 is 0. The number of carbonyl (C=O) groups excluding carboxylic acids is 1. The van der Waals surface area contributed by atoms with Crippen LogP contribution in [0.25, 0.3) is 0 Å². The first-order chi connectivity index (χ1) is 11.7. The van der Waals surface area contributed by atoms with Gasteiger partial charge in [-0.05, 0) is 49.4 Å². The maximum absolute atomic E-state index is 13.0. The largest absolute Gasteiger partial charge is 0.508 e. The third kappa shape index (κ3) is 4.00. The van der Waals surface area contributed by atoms with E-state index in [1.807, 2.05) is 42.7 Å². The highest BCUT2D eigenvalue weighted by Crippen LogP contribution is 2.27. The number of hydrogen-bond acceptors (Lipinski definition) is 4. The lowest BCUT2D eigenvalue weighted by molar-refractivity contribution is 0.0808. The van der Waals surface area contributed by atoms with Crippen molar-refractivity contribution in [2.24, 2.45) is 5.92 Å². The summed E-state index contributed by atoms with van der Waals surface area (Å²) in [4.78, 5) is 16.3. The van der Waals surface area contributed by atoms with Gasteiger partial charge < -0.3 is 5.11 Å². The van der Waals surface area contributed by atoms with Crippen LogP contribution in [0.3, 0.4) is 0 Å². The Labute approximate surface area is 147 Å². The molecular formula is C20H23NO2S.